The maximum Gasteiger partial charge on any atom is 0.151 e. The highest BCUT2D eigenvalue weighted by molar-refractivity contribution is 9.10. The number of hydrogen-bond donors (Lipinski definition) is 2. The lowest BCUT2D eigenvalue weighted by atomic mass is 10.3. The number of rotatable bonds is 5. The molecule has 0 aliphatic rings. The molecule has 5 heterocycles. The Balaban J connectivity index is 0.000000150. The summed E-state index contributed by atoms with van der Waals surface area (Å²) in [4.78, 5) is 29.8. The molecule has 0 spiro atoms. The first-order valence-corrected chi connectivity index (χ1v) is 10.8. The van der Waals surface area contributed by atoms with Crippen LogP contribution in [0.15, 0.2) is 85.2 Å². The van der Waals surface area contributed by atoms with Crippen molar-refractivity contribution < 1.29 is 15.0 Å². The highest BCUT2D eigenvalue weighted by Gasteiger charge is 1.99. The standard InChI is InChI=1S/C8H8N4O.C8H6N4O.C6H6BrNO/c2*13-4-7-1-8(3-9-2-7)12-6-10-5-11-12;7-6-1-5(4-9)2-8-3-6/h1-3,5-6,13H,4H2;1-6H;1-3,9H,4H2. The van der Waals surface area contributed by atoms with E-state index in [1.807, 2.05) is 12.1 Å². The summed E-state index contributed by atoms with van der Waals surface area (Å²) in [6.45, 7) is 0.0297. The number of hydrogen-bond acceptors (Lipinski definition) is 10. The number of carbonyl (C=O) groups is 1. The van der Waals surface area contributed by atoms with Gasteiger partial charge in [0.25, 0.3) is 0 Å². The molecule has 12 nitrogen and oxygen atoms in total. The largest absolute Gasteiger partial charge is 0.392 e. The number of aldehydes is 1. The summed E-state index contributed by atoms with van der Waals surface area (Å²) in [6, 6.07) is 5.32. The Hall–Kier alpha value is -4.20. The first-order valence-electron chi connectivity index (χ1n) is 9.98. The minimum atomic E-state index is -0.0183. The monoisotopic (exact) mass is 537 g/mol. The zero-order chi connectivity index (χ0) is 24.9. The Kier molecular flexibility index (Phi) is 9.80. The van der Waals surface area contributed by atoms with Crippen LogP contribution in [-0.2, 0) is 13.2 Å². The highest BCUT2D eigenvalue weighted by atomic mass is 79.9. The number of carbonyl (C=O) groups excluding carboxylic acids is 1. The summed E-state index contributed by atoms with van der Waals surface area (Å²) in [5.74, 6) is 0. The molecule has 0 fully saturated rings. The van der Waals surface area contributed by atoms with Gasteiger partial charge < -0.3 is 10.2 Å². The lowest BCUT2D eigenvalue weighted by molar-refractivity contribution is 0.112. The molecular formula is C22H20BrN9O3. The molecule has 35 heavy (non-hydrogen) atoms. The molecule has 0 saturated heterocycles. The Bertz CT molecular complexity index is 1320. The van der Waals surface area contributed by atoms with Gasteiger partial charge in [-0.3, -0.25) is 19.7 Å². The molecule has 0 bridgehead atoms. The molecule has 0 aliphatic heterocycles. The minimum absolute atomic E-state index is 0.0183. The number of halogens is 1. The topological polar surface area (TPSA) is 158 Å². The summed E-state index contributed by atoms with van der Waals surface area (Å²) in [6.07, 6.45) is 16.4. The van der Waals surface area contributed by atoms with Crippen LogP contribution in [-0.4, -0.2) is 61.0 Å². The van der Waals surface area contributed by atoms with E-state index < -0.39 is 0 Å². The summed E-state index contributed by atoms with van der Waals surface area (Å²) in [7, 11) is 0. The van der Waals surface area contributed by atoms with Crippen LogP contribution in [0.1, 0.15) is 21.5 Å². The molecule has 178 valence electrons. The van der Waals surface area contributed by atoms with Crippen LogP contribution in [0, 0.1) is 0 Å². The smallest absolute Gasteiger partial charge is 0.151 e. The van der Waals surface area contributed by atoms with Gasteiger partial charge in [-0.05, 0) is 45.3 Å². The van der Waals surface area contributed by atoms with Crippen molar-refractivity contribution in [3.8, 4) is 11.4 Å². The molecule has 0 radical (unpaired) electrons. The second-order valence-electron chi connectivity index (χ2n) is 6.65. The third kappa shape index (κ3) is 7.96. The van der Waals surface area contributed by atoms with E-state index in [4.69, 9.17) is 10.2 Å². The molecule has 5 aromatic rings. The lowest BCUT2D eigenvalue weighted by Crippen LogP contribution is -1.96. The molecule has 0 amide bonds. The molecule has 0 atom stereocenters. The third-order valence-corrected chi connectivity index (χ3v) is 4.59. The number of aliphatic hydroxyl groups excluding tert-OH is 2. The van der Waals surface area contributed by atoms with Gasteiger partial charge in [0.05, 0.1) is 37.0 Å². The molecule has 2 N–H and O–H groups in total. The normalized spacial score (nSPS) is 9.91. The fourth-order valence-corrected chi connectivity index (χ4v) is 2.96. The van der Waals surface area contributed by atoms with Crippen LogP contribution >= 0.6 is 15.9 Å². The zero-order valence-electron chi connectivity index (χ0n) is 18.2. The quantitative estimate of drug-likeness (QED) is 0.317. The second kappa shape index (κ2) is 13.5. The maximum atomic E-state index is 10.4. The molecule has 0 aliphatic carbocycles. The van der Waals surface area contributed by atoms with Crippen molar-refractivity contribution in [3.63, 3.8) is 0 Å². The van der Waals surface area contributed by atoms with Gasteiger partial charge in [-0.25, -0.2) is 19.3 Å². The third-order valence-electron chi connectivity index (χ3n) is 4.15. The van der Waals surface area contributed by atoms with Crippen LogP contribution in [0.4, 0.5) is 0 Å². The van der Waals surface area contributed by atoms with Crippen molar-refractivity contribution in [2.45, 2.75) is 13.2 Å². The van der Waals surface area contributed by atoms with E-state index in [2.05, 4.69) is 51.0 Å². The molecule has 0 saturated carbocycles. The summed E-state index contributed by atoms with van der Waals surface area (Å²) in [5, 5.41) is 25.3. The van der Waals surface area contributed by atoms with Gasteiger partial charge in [0.2, 0.25) is 0 Å². The van der Waals surface area contributed by atoms with Crippen molar-refractivity contribution in [3.05, 3.63) is 102 Å². The average molecular weight is 538 g/mol. The van der Waals surface area contributed by atoms with Gasteiger partial charge in [0.1, 0.15) is 25.3 Å². The predicted molar refractivity (Wildman–Crippen MR) is 127 cm³/mol. The first kappa shape index (κ1) is 25.4. The van der Waals surface area contributed by atoms with E-state index in [1.165, 1.54) is 18.9 Å². The van der Waals surface area contributed by atoms with Crippen LogP contribution in [0.3, 0.4) is 0 Å². The molecule has 13 heteroatoms. The van der Waals surface area contributed by atoms with E-state index in [-0.39, 0.29) is 13.2 Å². The van der Waals surface area contributed by atoms with Gasteiger partial charge in [0, 0.05) is 34.8 Å². The van der Waals surface area contributed by atoms with Crippen molar-refractivity contribution in [2.24, 2.45) is 0 Å². The van der Waals surface area contributed by atoms with Crippen LogP contribution in [0.5, 0.6) is 0 Å². The Morgan fingerprint density at radius 3 is 1.74 bits per heavy atom. The zero-order valence-corrected chi connectivity index (χ0v) is 19.8. The highest BCUT2D eigenvalue weighted by Crippen LogP contribution is 2.09. The van der Waals surface area contributed by atoms with Crippen molar-refractivity contribution in [2.75, 3.05) is 0 Å². The number of aromatic nitrogens is 9. The molecular weight excluding hydrogens is 518 g/mol. The van der Waals surface area contributed by atoms with Gasteiger partial charge in [-0.2, -0.15) is 10.2 Å². The molecule has 0 unspecified atom stereocenters. The Morgan fingerprint density at radius 2 is 1.26 bits per heavy atom. The summed E-state index contributed by atoms with van der Waals surface area (Å²) >= 11 is 3.23. The molecule has 5 aromatic heterocycles. The Morgan fingerprint density at radius 1 is 0.714 bits per heavy atom. The Labute approximate surface area is 208 Å². The fourth-order valence-electron chi connectivity index (χ4n) is 2.55. The summed E-state index contributed by atoms with van der Waals surface area (Å²) in [5.41, 5.74) is 3.62. The van der Waals surface area contributed by atoms with Crippen molar-refractivity contribution in [1.29, 1.82) is 0 Å². The van der Waals surface area contributed by atoms with Gasteiger partial charge >= 0.3 is 0 Å². The van der Waals surface area contributed by atoms with E-state index in [0.717, 1.165) is 33.3 Å². The average Bonchev–Trinajstić information content (AvgIpc) is 3.65. The van der Waals surface area contributed by atoms with Gasteiger partial charge in [0.15, 0.2) is 6.29 Å². The van der Waals surface area contributed by atoms with Crippen LogP contribution < -0.4 is 0 Å². The van der Waals surface area contributed by atoms with E-state index in [9.17, 15) is 4.79 Å². The van der Waals surface area contributed by atoms with Crippen LogP contribution in [0.25, 0.3) is 11.4 Å². The maximum absolute atomic E-state index is 10.4. The van der Waals surface area contributed by atoms with Crippen molar-refractivity contribution >= 4 is 22.2 Å². The van der Waals surface area contributed by atoms with E-state index >= 15 is 0 Å². The summed E-state index contributed by atoms with van der Waals surface area (Å²) < 4.78 is 4.03. The predicted octanol–water partition coefficient (Wildman–Crippen LogP) is 1.97. The first-order chi connectivity index (χ1) is 17.1. The number of aliphatic hydroxyl groups is 2. The van der Waals surface area contributed by atoms with Crippen LogP contribution in [0.2, 0.25) is 0 Å². The van der Waals surface area contributed by atoms with E-state index in [0.29, 0.717) is 5.56 Å². The van der Waals surface area contributed by atoms with Gasteiger partial charge in [-0.15, -0.1) is 0 Å². The number of nitrogens with zero attached hydrogens (tertiary/aromatic N) is 9. The SMILES string of the molecule is O=Cc1cncc(-n2cncn2)c1.OCc1cncc(-n2cncn2)c1.OCc1cncc(Br)c1. The molecule has 0 aromatic carbocycles. The minimum Gasteiger partial charge on any atom is -0.392 e. The lowest BCUT2D eigenvalue weighted by Gasteiger charge is -2.00. The fraction of sp³-hybridized carbons (Fsp3) is 0.0909. The second-order valence-corrected chi connectivity index (χ2v) is 7.57. The van der Waals surface area contributed by atoms with E-state index in [1.54, 1.807) is 59.1 Å². The van der Waals surface area contributed by atoms with Gasteiger partial charge in [-0.1, -0.05) is 0 Å². The molecule has 5 rings (SSSR count). The number of pyridine rings is 3. The van der Waals surface area contributed by atoms with Crippen molar-refractivity contribution in [1.82, 2.24) is 44.5 Å².